The second-order valence-corrected chi connectivity index (χ2v) is 4.60. The van der Waals surface area contributed by atoms with Crippen molar-refractivity contribution in [1.29, 1.82) is 0 Å². The summed E-state index contributed by atoms with van der Waals surface area (Å²) in [7, 11) is 1.52. The third kappa shape index (κ3) is 4.40. The van der Waals surface area contributed by atoms with Crippen LogP contribution in [0.4, 0.5) is 0 Å². The van der Waals surface area contributed by atoms with Crippen molar-refractivity contribution in [3.8, 4) is 11.3 Å². The fraction of sp³-hybridized carbons (Fsp3) is 0.333. The molecule has 2 rings (SSSR count). The Kier molecular flexibility index (Phi) is 5.48. The molecular formula is C15H18N2O4. The highest BCUT2D eigenvalue weighted by Crippen LogP contribution is 2.19. The number of carbonyl (C=O) groups excluding carboxylic acids is 1. The molecule has 2 aromatic rings. The van der Waals surface area contributed by atoms with Gasteiger partial charge in [-0.1, -0.05) is 35.5 Å². The summed E-state index contributed by atoms with van der Waals surface area (Å²) in [4.78, 5) is 11.9. The second kappa shape index (κ2) is 7.56. The molecule has 6 heteroatoms. The number of hydrogen-bond donors (Lipinski definition) is 2. The molecule has 112 valence electrons. The highest BCUT2D eigenvalue weighted by molar-refractivity contribution is 5.93. The van der Waals surface area contributed by atoms with Crippen molar-refractivity contribution in [2.75, 3.05) is 20.3 Å². The Labute approximate surface area is 122 Å². The van der Waals surface area contributed by atoms with Crippen LogP contribution in [0.5, 0.6) is 0 Å². The number of hydrogen-bond acceptors (Lipinski definition) is 5. The molecule has 2 N–H and O–H groups in total. The van der Waals surface area contributed by atoms with Crippen molar-refractivity contribution in [2.45, 2.75) is 12.5 Å². The van der Waals surface area contributed by atoms with Gasteiger partial charge in [-0.3, -0.25) is 4.79 Å². The van der Waals surface area contributed by atoms with Crippen LogP contribution < -0.4 is 5.32 Å². The Hall–Kier alpha value is -2.18. The average Bonchev–Trinajstić information content (AvgIpc) is 2.98. The number of aliphatic hydroxyl groups excluding tert-OH is 1. The quantitative estimate of drug-likeness (QED) is 0.806. The summed E-state index contributed by atoms with van der Waals surface area (Å²) in [5.41, 5.74) is 1.08. The molecule has 1 atom stereocenters. The van der Waals surface area contributed by atoms with Crippen LogP contribution in [0.2, 0.25) is 0 Å². The van der Waals surface area contributed by atoms with Crippen LogP contribution in [-0.4, -0.2) is 42.5 Å². The summed E-state index contributed by atoms with van der Waals surface area (Å²) in [6.07, 6.45) is -0.171. The zero-order chi connectivity index (χ0) is 15.1. The molecule has 1 aromatic heterocycles. The van der Waals surface area contributed by atoms with Gasteiger partial charge in [0.25, 0.3) is 5.91 Å². The lowest BCUT2D eigenvalue weighted by atomic mass is 10.1. The van der Waals surface area contributed by atoms with Gasteiger partial charge in [-0.25, -0.2) is 0 Å². The van der Waals surface area contributed by atoms with Gasteiger partial charge in [0.15, 0.2) is 11.5 Å². The first-order chi connectivity index (χ1) is 10.2. The Morgan fingerprint density at radius 2 is 2.19 bits per heavy atom. The van der Waals surface area contributed by atoms with Crippen molar-refractivity contribution in [3.63, 3.8) is 0 Å². The van der Waals surface area contributed by atoms with E-state index in [0.29, 0.717) is 18.7 Å². The fourth-order valence-electron chi connectivity index (χ4n) is 1.84. The lowest BCUT2D eigenvalue weighted by Gasteiger charge is -2.09. The number of aliphatic hydroxyl groups is 1. The van der Waals surface area contributed by atoms with Gasteiger partial charge < -0.3 is 19.7 Å². The number of ether oxygens (including phenoxy) is 1. The van der Waals surface area contributed by atoms with Crippen molar-refractivity contribution < 1.29 is 19.2 Å². The van der Waals surface area contributed by atoms with E-state index in [1.165, 1.54) is 7.11 Å². The maximum absolute atomic E-state index is 11.9. The zero-order valence-electron chi connectivity index (χ0n) is 11.8. The minimum atomic E-state index is -0.590. The van der Waals surface area contributed by atoms with Gasteiger partial charge in [0.05, 0.1) is 12.7 Å². The summed E-state index contributed by atoms with van der Waals surface area (Å²) < 4.78 is 9.97. The molecule has 0 aliphatic carbocycles. The van der Waals surface area contributed by atoms with Crippen molar-refractivity contribution in [3.05, 3.63) is 42.1 Å². The maximum Gasteiger partial charge on any atom is 0.273 e. The van der Waals surface area contributed by atoms with E-state index >= 15 is 0 Å². The van der Waals surface area contributed by atoms with E-state index in [-0.39, 0.29) is 18.2 Å². The molecule has 1 aromatic carbocycles. The number of benzene rings is 1. The second-order valence-electron chi connectivity index (χ2n) is 4.60. The first kappa shape index (κ1) is 15.2. The summed E-state index contributed by atoms with van der Waals surface area (Å²) in [5.74, 6) is 0.214. The minimum Gasteiger partial charge on any atom is -0.391 e. The lowest BCUT2D eigenvalue weighted by molar-refractivity contribution is 0.0587. The molecule has 1 heterocycles. The molecular weight excluding hydrogens is 272 g/mol. The predicted octanol–water partition coefficient (Wildman–Crippen LogP) is 1.47. The number of amides is 1. The van der Waals surface area contributed by atoms with Crippen molar-refractivity contribution >= 4 is 5.91 Å². The van der Waals surface area contributed by atoms with Crippen LogP contribution in [0, 0.1) is 0 Å². The van der Waals surface area contributed by atoms with Gasteiger partial charge in [-0.15, -0.1) is 0 Å². The number of rotatable bonds is 7. The van der Waals surface area contributed by atoms with Crippen LogP contribution >= 0.6 is 0 Å². The van der Waals surface area contributed by atoms with E-state index in [1.54, 1.807) is 6.07 Å². The SMILES string of the molecule is COCC(O)CCNC(=O)c1cc(-c2ccccc2)on1. The molecule has 0 bridgehead atoms. The Balaban J connectivity index is 1.88. The zero-order valence-corrected chi connectivity index (χ0v) is 11.8. The van der Waals surface area contributed by atoms with E-state index < -0.39 is 6.10 Å². The Bertz CT molecular complexity index is 568. The first-order valence-electron chi connectivity index (χ1n) is 6.68. The molecule has 0 saturated heterocycles. The number of aromatic nitrogens is 1. The van der Waals surface area contributed by atoms with Gasteiger partial charge in [0, 0.05) is 25.3 Å². The minimum absolute atomic E-state index is 0.218. The van der Waals surface area contributed by atoms with Gasteiger partial charge >= 0.3 is 0 Å². The summed E-state index contributed by atoms with van der Waals surface area (Å²) in [6, 6.07) is 11.0. The molecule has 0 radical (unpaired) electrons. The fourth-order valence-corrected chi connectivity index (χ4v) is 1.84. The van der Waals surface area contributed by atoms with Crippen LogP contribution in [0.25, 0.3) is 11.3 Å². The van der Waals surface area contributed by atoms with E-state index in [1.807, 2.05) is 30.3 Å². The van der Waals surface area contributed by atoms with E-state index in [0.717, 1.165) is 5.56 Å². The molecule has 21 heavy (non-hydrogen) atoms. The molecule has 1 amide bonds. The van der Waals surface area contributed by atoms with Crippen LogP contribution in [0.1, 0.15) is 16.9 Å². The number of carbonyl (C=O) groups is 1. The average molecular weight is 290 g/mol. The molecule has 0 saturated carbocycles. The predicted molar refractivity (Wildman–Crippen MR) is 76.8 cm³/mol. The third-order valence-corrected chi connectivity index (χ3v) is 2.92. The topological polar surface area (TPSA) is 84.6 Å². The normalized spacial score (nSPS) is 12.1. The molecule has 0 fully saturated rings. The van der Waals surface area contributed by atoms with Gasteiger partial charge in [-0.2, -0.15) is 0 Å². The molecule has 1 unspecified atom stereocenters. The van der Waals surface area contributed by atoms with Gasteiger partial charge in [-0.05, 0) is 6.42 Å². The largest absolute Gasteiger partial charge is 0.391 e. The highest BCUT2D eigenvalue weighted by Gasteiger charge is 2.13. The van der Waals surface area contributed by atoms with Crippen LogP contribution in [0.15, 0.2) is 40.9 Å². The monoisotopic (exact) mass is 290 g/mol. The van der Waals surface area contributed by atoms with Crippen LogP contribution in [0.3, 0.4) is 0 Å². The Morgan fingerprint density at radius 1 is 1.43 bits per heavy atom. The van der Waals surface area contributed by atoms with E-state index in [4.69, 9.17) is 9.26 Å². The lowest BCUT2D eigenvalue weighted by Crippen LogP contribution is -2.28. The Morgan fingerprint density at radius 3 is 2.90 bits per heavy atom. The standard InChI is InChI=1S/C15H18N2O4/c1-20-10-12(18)7-8-16-15(19)13-9-14(21-17-13)11-5-3-2-4-6-11/h2-6,9,12,18H,7-8,10H2,1H3,(H,16,19). The number of methoxy groups -OCH3 is 1. The van der Waals surface area contributed by atoms with Crippen LogP contribution in [-0.2, 0) is 4.74 Å². The van der Waals surface area contributed by atoms with Crippen molar-refractivity contribution in [2.24, 2.45) is 0 Å². The van der Waals surface area contributed by atoms with Gasteiger partial charge in [0.1, 0.15) is 0 Å². The molecule has 0 aliphatic heterocycles. The highest BCUT2D eigenvalue weighted by atomic mass is 16.5. The molecule has 6 nitrogen and oxygen atoms in total. The summed E-state index contributed by atoms with van der Waals surface area (Å²) in [6.45, 7) is 0.592. The first-order valence-corrected chi connectivity index (χ1v) is 6.68. The number of nitrogens with one attached hydrogen (secondary N) is 1. The summed E-state index contributed by atoms with van der Waals surface area (Å²) in [5, 5.41) is 15.9. The van der Waals surface area contributed by atoms with Gasteiger partial charge in [0.2, 0.25) is 0 Å². The van der Waals surface area contributed by atoms with E-state index in [9.17, 15) is 9.90 Å². The molecule has 0 aliphatic rings. The summed E-state index contributed by atoms with van der Waals surface area (Å²) >= 11 is 0. The number of nitrogens with zero attached hydrogens (tertiary/aromatic N) is 1. The smallest absolute Gasteiger partial charge is 0.273 e. The van der Waals surface area contributed by atoms with Crippen molar-refractivity contribution in [1.82, 2.24) is 10.5 Å². The third-order valence-electron chi connectivity index (χ3n) is 2.92. The molecule has 0 spiro atoms. The maximum atomic E-state index is 11.9. The van der Waals surface area contributed by atoms with E-state index in [2.05, 4.69) is 10.5 Å².